The van der Waals surface area contributed by atoms with Crippen LogP contribution in [0.2, 0.25) is 5.02 Å². The van der Waals surface area contributed by atoms with Crippen LogP contribution in [0.3, 0.4) is 0 Å². The van der Waals surface area contributed by atoms with E-state index in [0.717, 1.165) is 5.56 Å². The van der Waals surface area contributed by atoms with E-state index in [4.69, 9.17) is 20.9 Å². The van der Waals surface area contributed by atoms with E-state index in [1.165, 1.54) is 6.20 Å². The molecule has 0 saturated heterocycles. The maximum Gasteiger partial charge on any atom is 0.271 e. The van der Waals surface area contributed by atoms with Crippen molar-refractivity contribution in [2.24, 2.45) is 0 Å². The number of hydrogen-bond donors (Lipinski definition) is 1. The van der Waals surface area contributed by atoms with Gasteiger partial charge in [-0.25, -0.2) is 4.98 Å². The van der Waals surface area contributed by atoms with Crippen molar-refractivity contribution in [2.75, 3.05) is 7.11 Å². The number of pyridine rings is 1. The molecule has 1 N–H and O–H groups in total. The third-order valence-electron chi connectivity index (χ3n) is 3.96. The number of methoxy groups -OCH3 is 1. The van der Waals surface area contributed by atoms with Crippen LogP contribution in [0.5, 0.6) is 5.75 Å². The number of benzene rings is 1. The maximum absolute atomic E-state index is 13.0. The van der Waals surface area contributed by atoms with E-state index in [-0.39, 0.29) is 11.6 Å². The highest BCUT2D eigenvalue weighted by atomic mass is 35.5. The van der Waals surface area contributed by atoms with E-state index >= 15 is 0 Å². The monoisotopic (exact) mass is 386 g/mol. The Morgan fingerprint density at radius 1 is 1.30 bits per heavy atom. The molecule has 0 radical (unpaired) electrons. The number of rotatable bonds is 5. The Kier molecular flexibility index (Phi) is 5.14. The standard InChI is InChI=1S/C19H19ClN4O3/c1-11-22-18(24-27-11)19(2,3)23-17(25)16-15(9-14(26-4)10-21-16)12-6-5-7-13(20)8-12/h5-10H,1-4H3,(H,23,25). The molecule has 3 rings (SSSR count). The van der Waals surface area contributed by atoms with E-state index in [1.807, 2.05) is 12.1 Å². The summed E-state index contributed by atoms with van der Waals surface area (Å²) < 4.78 is 10.3. The minimum Gasteiger partial charge on any atom is -0.495 e. The molecule has 27 heavy (non-hydrogen) atoms. The van der Waals surface area contributed by atoms with Crippen molar-refractivity contribution in [3.05, 3.63) is 59.0 Å². The Bertz CT molecular complexity index is 985. The summed E-state index contributed by atoms with van der Waals surface area (Å²) in [5.74, 6) is 0.968. The maximum atomic E-state index is 13.0. The Morgan fingerprint density at radius 3 is 2.70 bits per heavy atom. The summed E-state index contributed by atoms with van der Waals surface area (Å²) in [6.45, 7) is 5.27. The van der Waals surface area contributed by atoms with Crippen molar-refractivity contribution in [3.63, 3.8) is 0 Å². The zero-order valence-electron chi connectivity index (χ0n) is 15.4. The lowest BCUT2D eigenvalue weighted by molar-refractivity contribution is 0.0903. The molecule has 0 aliphatic rings. The van der Waals surface area contributed by atoms with Crippen molar-refractivity contribution in [2.45, 2.75) is 26.3 Å². The van der Waals surface area contributed by atoms with Crippen LogP contribution in [0.4, 0.5) is 0 Å². The fraction of sp³-hybridized carbons (Fsp3) is 0.263. The summed E-state index contributed by atoms with van der Waals surface area (Å²) >= 11 is 6.11. The van der Waals surface area contributed by atoms with Gasteiger partial charge in [-0.2, -0.15) is 4.98 Å². The average molecular weight is 387 g/mol. The van der Waals surface area contributed by atoms with Crippen LogP contribution >= 0.6 is 11.6 Å². The molecule has 0 spiro atoms. The van der Waals surface area contributed by atoms with E-state index < -0.39 is 5.54 Å². The molecule has 1 aromatic carbocycles. The summed E-state index contributed by atoms with van der Waals surface area (Å²) in [5, 5.41) is 7.36. The molecule has 7 nitrogen and oxygen atoms in total. The van der Waals surface area contributed by atoms with Crippen molar-refractivity contribution in [1.29, 1.82) is 0 Å². The van der Waals surface area contributed by atoms with E-state index in [2.05, 4.69) is 20.4 Å². The van der Waals surface area contributed by atoms with Gasteiger partial charge in [0, 0.05) is 17.5 Å². The molecule has 0 aliphatic carbocycles. The Morgan fingerprint density at radius 2 is 2.07 bits per heavy atom. The third-order valence-corrected chi connectivity index (χ3v) is 4.20. The van der Waals surface area contributed by atoms with Gasteiger partial charge >= 0.3 is 0 Å². The van der Waals surface area contributed by atoms with Crippen LogP contribution in [-0.2, 0) is 5.54 Å². The number of aryl methyl sites for hydroxylation is 1. The molecule has 0 bridgehead atoms. The largest absolute Gasteiger partial charge is 0.495 e. The molecule has 0 aliphatic heterocycles. The van der Waals surface area contributed by atoms with Crippen molar-refractivity contribution < 1.29 is 14.1 Å². The van der Waals surface area contributed by atoms with Gasteiger partial charge in [0.2, 0.25) is 5.89 Å². The van der Waals surface area contributed by atoms with Gasteiger partial charge in [0.05, 0.1) is 18.8 Å². The summed E-state index contributed by atoms with van der Waals surface area (Å²) in [4.78, 5) is 21.5. The molecule has 2 aromatic heterocycles. The summed E-state index contributed by atoms with van der Waals surface area (Å²) in [7, 11) is 1.54. The molecule has 2 heterocycles. The first-order chi connectivity index (χ1) is 12.8. The number of halogens is 1. The van der Waals surface area contributed by atoms with Gasteiger partial charge < -0.3 is 14.6 Å². The summed E-state index contributed by atoms with van der Waals surface area (Å²) in [5.41, 5.74) is 0.760. The first-order valence-electron chi connectivity index (χ1n) is 8.23. The average Bonchev–Trinajstić information content (AvgIpc) is 3.08. The summed E-state index contributed by atoms with van der Waals surface area (Å²) in [6, 6.07) is 8.94. The van der Waals surface area contributed by atoms with E-state index in [0.29, 0.717) is 28.1 Å². The molecule has 0 atom stereocenters. The first kappa shape index (κ1) is 18.8. The summed E-state index contributed by atoms with van der Waals surface area (Å²) in [6.07, 6.45) is 1.49. The van der Waals surface area contributed by atoms with Gasteiger partial charge in [-0.05, 0) is 37.6 Å². The number of carbonyl (C=O) groups is 1. The molecule has 140 valence electrons. The number of ether oxygens (including phenoxy) is 1. The van der Waals surface area contributed by atoms with Gasteiger partial charge in [-0.3, -0.25) is 4.79 Å². The third kappa shape index (κ3) is 4.09. The second kappa shape index (κ2) is 7.36. The van der Waals surface area contributed by atoms with Gasteiger partial charge in [-0.15, -0.1) is 0 Å². The molecule has 0 unspecified atom stereocenters. The fourth-order valence-corrected chi connectivity index (χ4v) is 2.76. The van der Waals surface area contributed by atoms with Crippen LogP contribution in [-0.4, -0.2) is 28.1 Å². The number of hydrogen-bond acceptors (Lipinski definition) is 6. The Balaban J connectivity index is 1.99. The number of carbonyl (C=O) groups excluding carboxylic acids is 1. The van der Waals surface area contributed by atoms with Crippen molar-refractivity contribution in [1.82, 2.24) is 20.4 Å². The lowest BCUT2D eigenvalue weighted by Crippen LogP contribution is -2.42. The second-order valence-electron chi connectivity index (χ2n) is 6.50. The highest BCUT2D eigenvalue weighted by Gasteiger charge is 2.30. The lowest BCUT2D eigenvalue weighted by Gasteiger charge is -2.23. The van der Waals surface area contributed by atoms with Gasteiger partial charge in [0.25, 0.3) is 5.91 Å². The van der Waals surface area contributed by atoms with Gasteiger partial charge in [0.1, 0.15) is 11.4 Å². The Labute approximate surface area is 161 Å². The van der Waals surface area contributed by atoms with Crippen LogP contribution < -0.4 is 10.1 Å². The molecule has 3 aromatic rings. The van der Waals surface area contributed by atoms with Crippen LogP contribution in [0, 0.1) is 6.92 Å². The predicted molar refractivity (Wildman–Crippen MR) is 101 cm³/mol. The van der Waals surface area contributed by atoms with Crippen LogP contribution in [0.1, 0.15) is 36.1 Å². The second-order valence-corrected chi connectivity index (χ2v) is 6.93. The number of aromatic nitrogens is 3. The normalized spacial score (nSPS) is 11.3. The van der Waals surface area contributed by atoms with Crippen LogP contribution in [0.15, 0.2) is 41.1 Å². The van der Waals surface area contributed by atoms with Crippen molar-refractivity contribution >= 4 is 17.5 Å². The predicted octanol–water partition coefficient (Wildman–Crippen LogP) is 3.77. The number of nitrogens with zero attached hydrogens (tertiary/aromatic N) is 3. The quantitative estimate of drug-likeness (QED) is 0.717. The topological polar surface area (TPSA) is 90.1 Å². The number of nitrogens with one attached hydrogen (secondary N) is 1. The van der Waals surface area contributed by atoms with E-state index in [9.17, 15) is 4.79 Å². The zero-order valence-corrected chi connectivity index (χ0v) is 16.2. The zero-order chi connectivity index (χ0) is 19.6. The molecule has 8 heteroatoms. The van der Waals surface area contributed by atoms with Gasteiger partial charge in [0.15, 0.2) is 5.82 Å². The minimum absolute atomic E-state index is 0.242. The molecule has 1 amide bonds. The minimum atomic E-state index is -0.845. The molecular formula is C19H19ClN4O3. The molecular weight excluding hydrogens is 368 g/mol. The fourth-order valence-electron chi connectivity index (χ4n) is 2.57. The number of amides is 1. The SMILES string of the molecule is COc1cnc(C(=O)NC(C)(C)c2noc(C)n2)c(-c2cccc(Cl)c2)c1. The van der Waals surface area contributed by atoms with E-state index in [1.54, 1.807) is 46.1 Å². The smallest absolute Gasteiger partial charge is 0.271 e. The highest BCUT2D eigenvalue weighted by molar-refractivity contribution is 6.30. The van der Waals surface area contributed by atoms with Gasteiger partial charge in [-0.1, -0.05) is 28.9 Å². The highest BCUT2D eigenvalue weighted by Crippen LogP contribution is 2.29. The first-order valence-corrected chi connectivity index (χ1v) is 8.61. The lowest BCUT2D eigenvalue weighted by atomic mass is 10.0. The Hall–Kier alpha value is -2.93. The molecule has 0 fully saturated rings. The van der Waals surface area contributed by atoms with Crippen molar-refractivity contribution in [3.8, 4) is 16.9 Å². The molecule has 0 saturated carbocycles. The van der Waals surface area contributed by atoms with Crippen LogP contribution in [0.25, 0.3) is 11.1 Å².